The third-order valence-corrected chi connectivity index (χ3v) is 7.92. The summed E-state index contributed by atoms with van der Waals surface area (Å²) >= 11 is 0. The van der Waals surface area contributed by atoms with Crippen molar-refractivity contribution >= 4 is 28.5 Å². The highest BCUT2D eigenvalue weighted by atomic mass is 16.2. The van der Waals surface area contributed by atoms with Gasteiger partial charge in [0.1, 0.15) is 0 Å². The number of nitrogens with zero attached hydrogens (tertiary/aromatic N) is 1. The van der Waals surface area contributed by atoms with Crippen LogP contribution in [0, 0.1) is 11.8 Å². The Morgan fingerprint density at radius 1 is 0.657 bits per heavy atom. The van der Waals surface area contributed by atoms with Gasteiger partial charge in [-0.2, -0.15) is 5.01 Å². The van der Waals surface area contributed by atoms with Crippen LogP contribution in [-0.2, 0) is 20.8 Å². The molecule has 4 aromatic carbocycles. The average molecular weight is 459 g/mol. The van der Waals surface area contributed by atoms with E-state index in [1.165, 1.54) is 0 Å². The summed E-state index contributed by atoms with van der Waals surface area (Å²) in [4.78, 5) is 40.4. The summed E-state index contributed by atoms with van der Waals surface area (Å²) in [5.41, 5.74) is 7.98. The quantitative estimate of drug-likeness (QED) is 0.466. The Morgan fingerprint density at radius 3 is 1.71 bits per heavy atom. The molecule has 5 nitrogen and oxygen atoms in total. The van der Waals surface area contributed by atoms with Crippen molar-refractivity contribution in [2.24, 2.45) is 11.8 Å². The van der Waals surface area contributed by atoms with Gasteiger partial charge in [0.25, 0.3) is 11.8 Å². The Hall–Kier alpha value is -4.25. The van der Waals surface area contributed by atoms with Crippen molar-refractivity contribution in [3.8, 4) is 0 Å². The summed E-state index contributed by atoms with van der Waals surface area (Å²) in [5.74, 6) is -2.38. The van der Waals surface area contributed by atoms with Crippen molar-refractivity contribution in [2.75, 3.05) is 0 Å². The molecular formula is C30H22N2O3. The first-order chi connectivity index (χ1) is 17.1. The highest BCUT2D eigenvalue weighted by Crippen LogP contribution is 2.60. The lowest BCUT2D eigenvalue weighted by Gasteiger charge is -2.45. The van der Waals surface area contributed by atoms with Crippen LogP contribution in [0.3, 0.4) is 0 Å². The van der Waals surface area contributed by atoms with Gasteiger partial charge in [-0.05, 0) is 38.6 Å². The van der Waals surface area contributed by atoms with E-state index in [1.807, 2.05) is 66.7 Å². The van der Waals surface area contributed by atoms with Gasteiger partial charge >= 0.3 is 0 Å². The number of hydrogen-bond acceptors (Lipinski definition) is 3. The van der Waals surface area contributed by atoms with Crippen molar-refractivity contribution in [1.29, 1.82) is 0 Å². The smallest absolute Gasteiger partial charge is 0.253 e. The second kappa shape index (κ2) is 7.37. The van der Waals surface area contributed by atoms with Gasteiger partial charge in [0, 0.05) is 11.8 Å². The van der Waals surface area contributed by atoms with Crippen LogP contribution >= 0.6 is 0 Å². The Morgan fingerprint density at radius 2 is 1.14 bits per heavy atom. The van der Waals surface area contributed by atoms with Crippen LogP contribution in [0.5, 0.6) is 0 Å². The summed E-state index contributed by atoms with van der Waals surface area (Å²) in [6, 6.07) is 29.9. The van der Waals surface area contributed by atoms with E-state index in [0.29, 0.717) is 0 Å². The van der Waals surface area contributed by atoms with Gasteiger partial charge in [-0.1, -0.05) is 91.0 Å². The number of rotatable bonds is 3. The number of benzene rings is 4. The van der Waals surface area contributed by atoms with Crippen LogP contribution in [0.25, 0.3) is 10.8 Å². The number of hydrogen-bond donors (Lipinski definition) is 1. The largest absolute Gasteiger partial charge is 0.273 e. The minimum atomic E-state index is -0.504. The lowest BCUT2D eigenvalue weighted by atomic mass is 9.55. The Balaban J connectivity index is 1.22. The Kier molecular flexibility index (Phi) is 4.25. The lowest BCUT2D eigenvalue weighted by Crippen LogP contribution is -2.47. The first kappa shape index (κ1) is 20.2. The van der Waals surface area contributed by atoms with Crippen molar-refractivity contribution in [2.45, 2.75) is 18.3 Å². The molecule has 0 spiro atoms. The van der Waals surface area contributed by atoms with E-state index in [0.717, 1.165) is 43.6 Å². The zero-order valence-corrected chi connectivity index (χ0v) is 18.8. The van der Waals surface area contributed by atoms with Crippen molar-refractivity contribution in [1.82, 2.24) is 10.4 Å². The first-order valence-corrected chi connectivity index (χ1v) is 11.9. The number of fused-ring (bicyclic) bond motifs is 1. The fourth-order valence-corrected chi connectivity index (χ4v) is 6.57. The molecule has 0 radical (unpaired) electrons. The molecule has 1 fully saturated rings. The number of nitrogens with one attached hydrogen (secondary N) is 1. The topological polar surface area (TPSA) is 66.5 Å². The van der Waals surface area contributed by atoms with Crippen LogP contribution in [0.15, 0.2) is 91.0 Å². The van der Waals surface area contributed by atoms with E-state index in [-0.39, 0.29) is 36.0 Å². The zero-order chi connectivity index (χ0) is 23.7. The second-order valence-corrected chi connectivity index (χ2v) is 9.63. The summed E-state index contributed by atoms with van der Waals surface area (Å²) < 4.78 is 0. The minimum Gasteiger partial charge on any atom is -0.273 e. The maximum atomic E-state index is 13.7. The molecule has 3 aliphatic carbocycles. The Labute approximate surface area is 202 Å². The molecule has 0 unspecified atom stereocenters. The molecule has 4 aliphatic rings. The van der Waals surface area contributed by atoms with Gasteiger partial charge in [0.2, 0.25) is 5.91 Å². The van der Waals surface area contributed by atoms with Gasteiger partial charge in [-0.25, -0.2) is 0 Å². The van der Waals surface area contributed by atoms with E-state index >= 15 is 0 Å². The summed E-state index contributed by atoms with van der Waals surface area (Å²) in [6.07, 6.45) is 0.0844. The number of amides is 3. The maximum Gasteiger partial charge on any atom is 0.253 e. The van der Waals surface area contributed by atoms with E-state index in [2.05, 4.69) is 29.7 Å². The highest BCUT2D eigenvalue weighted by Gasteiger charge is 2.62. The molecule has 2 atom stereocenters. The van der Waals surface area contributed by atoms with Crippen LogP contribution in [0.2, 0.25) is 0 Å². The molecule has 170 valence electrons. The summed E-state index contributed by atoms with van der Waals surface area (Å²) in [6.45, 7) is 0. The fraction of sp³-hybridized carbons (Fsp3) is 0.167. The zero-order valence-electron chi connectivity index (χ0n) is 18.8. The van der Waals surface area contributed by atoms with Crippen LogP contribution in [-0.4, -0.2) is 22.7 Å². The van der Waals surface area contributed by atoms with Crippen molar-refractivity contribution < 1.29 is 14.4 Å². The van der Waals surface area contributed by atoms with E-state index in [1.54, 1.807) is 0 Å². The van der Waals surface area contributed by atoms with Crippen molar-refractivity contribution in [3.63, 3.8) is 0 Å². The minimum absolute atomic E-state index is 0.0844. The normalized spacial score (nSPS) is 23.7. The van der Waals surface area contributed by atoms with E-state index in [4.69, 9.17) is 0 Å². The van der Waals surface area contributed by atoms with Gasteiger partial charge < -0.3 is 0 Å². The van der Waals surface area contributed by atoms with Gasteiger partial charge in [0.15, 0.2) is 0 Å². The molecule has 1 N–H and O–H groups in total. The van der Waals surface area contributed by atoms with Crippen molar-refractivity contribution in [3.05, 3.63) is 119 Å². The number of carbonyl (C=O) groups excluding carboxylic acids is 3. The molecule has 4 aromatic rings. The molecular weight excluding hydrogens is 436 g/mol. The molecule has 1 saturated heterocycles. The third-order valence-electron chi connectivity index (χ3n) is 7.92. The SMILES string of the molecule is O=C(Cc1cccc2ccccc12)NN1C(=O)[C@@H]2C3c4ccccc4C(c4ccccc43)[C@H]2C1=O. The van der Waals surface area contributed by atoms with Crippen LogP contribution < -0.4 is 5.43 Å². The molecule has 1 aliphatic heterocycles. The second-order valence-electron chi connectivity index (χ2n) is 9.63. The van der Waals surface area contributed by atoms with E-state index in [9.17, 15) is 14.4 Å². The van der Waals surface area contributed by atoms with Crippen LogP contribution in [0.1, 0.15) is 39.7 Å². The van der Waals surface area contributed by atoms with Gasteiger partial charge in [0.05, 0.1) is 18.3 Å². The first-order valence-electron chi connectivity index (χ1n) is 11.9. The molecule has 3 amide bonds. The van der Waals surface area contributed by atoms with E-state index < -0.39 is 11.8 Å². The van der Waals surface area contributed by atoms with Crippen LogP contribution in [0.4, 0.5) is 0 Å². The third kappa shape index (κ3) is 2.78. The number of carbonyl (C=O) groups is 3. The standard InChI is InChI=1S/C30H22N2O3/c33-24(16-18-10-7-9-17-8-1-2-11-19(17)18)31-32-29(34)27-25-20-12-3-4-13-21(20)26(28(27)30(32)35)23-15-6-5-14-22(23)25/h1-15,25-28H,16H2,(H,31,33)/t25?,26?,27-,28-/m1/s1. The summed E-state index contributed by atoms with van der Waals surface area (Å²) in [5, 5.41) is 3.03. The molecule has 1 heterocycles. The van der Waals surface area contributed by atoms with Gasteiger partial charge in [-0.15, -0.1) is 0 Å². The van der Waals surface area contributed by atoms with Gasteiger partial charge in [-0.3, -0.25) is 19.8 Å². The number of hydrazine groups is 1. The molecule has 8 rings (SSSR count). The molecule has 35 heavy (non-hydrogen) atoms. The monoisotopic (exact) mass is 458 g/mol. The highest BCUT2D eigenvalue weighted by molar-refractivity contribution is 6.08. The molecule has 0 aromatic heterocycles. The summed E-state index contributed by atoms with van der Waals surface area (Å²) in [7, 11) is 0. The predicted octanol–water partition coefficient (Wildman–Crippen LogP) is 4.31. The Bertz CT molecular complexity index is 1440. The molecule has 5 heteroatoms. The lowest BCUT2D eigenvalue weighted by molar-refractivity contribution is -0.149. The molecule has 2 bridgehead atoms. The fourth-order valence-electron chi connectivity index (χ4n) is 6.57. The maximum absolute atomic E-state index is 13.7. The average Bonchev–Trinajstić information content (AvgIpc) is 3.14. The number of imide groups is 1. The predicted molar refractivity (Wildman–Crippen MR) is 131 cm³/mol. The molecule has 0 saturated carbocycles.